The summed E-state index contributed by atoms with van der Waals surface area (Å²) < 4.78 is 65.2. The van der Waals surface area contributed by atoms with Crippen LogP contribution < -0.4 is 5.32 Å². The van der Waals surface area contributed by atoms with Gasteiger partial charge in [0.15, 0.2) is 23.1 Å². The lowest BCUT2D eigenvalue weighted by molar-refractivity contribution is -0.154. The number of halogens is 2. The summed E-state index contributed by atoms with van der Waals surface area (Å²) in [5.41, 5.74) is 1.30. The van der Waals surface area contributed by atoms with Crippen LogP contribution in [-0.2, 0) is 19.6 Å². The van der Waals surface area contributed by atoms with Crippen LogP contribution in [-0.4, -0.2) is 50.9 Å². The van der Waals surface area contributed by atoms with Crippen molar-refractivity contribution in [3.63, 3.8) is 0 Å². The molecule has 10 nitrogen and oxygen atoms in total. The van der Waals surface area contributed by atoms with E-state index in [1.54, 1.807) is 31.2 Å². The van der Waals surface area contributed by atoms with Crippen LogP contribution in [0, 0.1) is 36.3 Å². The van der Waals surface area contributed by atoms with Crippen LogP contribution in [0.15, 0.2) is 72.1 Å². The highest BCUT2D eigenvalue weighted by Crippen LogP contribution is 2.47. The molecule has 0 radical (unpaired) electrons. The summed E-state index contributed by atoms with van der Waals surface area (Å²) in [6.45, 7) is 3.83. The zero-order valence-electron chi connectivity index (χ0n) is 25.7. The number of fused-ring (bicyclic) bond motifs is 4. The molecule has 3 aliphatic carbocycles. The van der Waals surface area contributed by atoms with Gasteiger partial charge in [0.1, 0.15) is 11.5 Å². The van der Waals surface area contributed by atoms with E-state index in [2.05, 4.69) is 25.3 Å². The highest BCUT2D eigenvalue weighted by atomic mass is 32.2. The molecule has 0 spiro atoms. The van der Waals surface area contributed by atoms with Crippen molar-refractivity contribution < 1.29 is 26.7 Å². The lowest BCUT2D eigenvalue weighted by Gasteiger charge is -2.47. The Morgan fingerprint density at radius 1 is 1.02 bits per heavy atom. The summed E-state index contributed by atoms with van der Waals surface area (Å²) in [4.78, 5) is 30.5. The van der Waals surface area contributed by atoms with Crippen LogP contribution in [0.25, 0.3) is 33.7 Å². The molecule has 13 heteroatoms. The Morgan fingerprint density at radius 2 is 1.72 bits per heavy atom. The van der Waals surface area contributed by atoms with Crippen molar-refractivity contribution in [1.29, 1.82) is 0 Å². The normalized spacial score (nSPS) is 20.8. The molecule has 2 atom stereocenters. The molecule has 8 rings (SSSR count). The number of anilines is 1. The van der Waals surface area contributed by atoms with E-state index in [4.69, 9.17) is 4.74 Å². The molecule has 1 N–H and O–H groups in total. The van der Waals surface area contributed by atoms with Gasteiger partial charge in [0.25, 0.3) is 10.0 Å². The Kier molecular flexibility index (Phi) is 7.95. The number of rotatable bonds is 8. The Bertz CT molecular complexity index is 2080. The number of nitrogens with zero attached hydrogens (tertiary/aromatic N) is 5. The van der Waals surface area contributed by atoms with Crippen molar-refractivity contribution >= 4 is 32.8 Å². The summed E-state index contributed by atoms with van der Waals surface area (Å²) in [6, 6.07) is 10.2. The van der Waals surface area contributed by atoms with E-state index >= 15 is 4.39 Å². The average Bonchev–Trinajstić information content (AvgIpc) is 3.46. The lowest BCUT2D eigenvalue weighted by atomic mass is 9.61. The summed E-state index contributed by atoms with van der Waals surface area (Å²) in [5.74, 6) is -2.27. The van der Waals surface area contributed by atoms with E-state index in [1.807, 2.05) is 6.92 Å². The first kappa shape index (κ1) is 30.9. The first-order chi connectivity index (χ1) is 22.7. The van der Waals surface area contributed by atoms with Crippen LogP contribution in [0.3, 0.4) is 0 Å². The van der Waals surface area contributed by atoms with Gasteiger partial charge < -0.3 is 10.1 Å². The maximum atomic E-state index is 16.5. The molecule has 3 saturated carbocycles. The van der Waals surface area contributed by atoms with Gasteiger partial charge in [0.2, 0.25) is 0 Å². The number of carbonyl (C=O) groups excluding carboxylic acids is 1. The minimum absolute atomic E-state index is 0.00916. The van der Waals surface area contributed by atoms with Gasteiger partial charge in [0, 0.05) is 41.1 Å². The number of aromatic nitrogens is 5. The second-order valence-corrected chi connectivity index (χ2v) is 13.9. The van der Waals surface area contributed by atoms with Crippen LogP contribution >= 0.6 is 0 Å². The highest BCUT2D eigenvalue weighted by Gasteiger charge is 2.48. The Morgan fingerprint density at radius 3 is 2.43 bits per heavy atom. The number of hydrogen-bond acceptors (Lipinski definition) is 9. The lowest BCUT2D eigenvalue weighted by Crippen LogP contribution is -2.52. The van der Waals surface area contributed by atoms with Crippen molar-refractivity contribution in [1.82, 2.24) is 23.9 Å². The van der Waals surface area contributed by atoms with Gasteiger partial charge in [-0.3, -0.25) is 9.78 Å². The molecule has 4 heterocycles. The maximum Gasteiger partial charge on any atom is 0.311 e. The summed E-state index contributed by atoms with van der Waals surface area (Å²) in [5, 5.41) is 3.39. The number of esters is 1. The molecular weight excluding hydrogens is 626 g/mol. The number of hydrogen-bond donors (Lipinski definition) is 1. The van der Waals surface area contributed by atoms with Gasteiger partial charge in [-0.25, -0.2) is 36.1 Å². The van der Waals surface area contributed by atoms with Gasteiger partial charge in [-0.05, 0) is 81.7 Å². The fraction of sp³-hybridized carbons (Fsp3) is 0.324. The second kappa shape index (κ2) is 12.1. The third kappa shape index (κ3) is 5.52. The molecule has 1 aromatic carbocycles. The number of nitrogens with one attached hydrogen (secondary N) is 1. The quantitative estimate of drug-likeness (QED) is 0.195. The Hall–Kier alpha value is -4.78. The van der Waals surface area contributed by atoms with Crippen molar-refractivity contribution in [3.8, 4) is 22.6 Å². The van der Waals surface area contributed by atoms with Gasteiger partial charge in [-0.1, -0.05) is 17.7 Å². The fourth-order valence-electron chi connectivity index (χ4n) is 7.00. The van der Waals surface area contributed by atoms with Crippen LogP contribution in [0.5, 0.6) is 0 Å². The van der Waals surface area contributed by atoms with E-state index in [0.717, 1.165) is 47.5 Å². The third-order valence-electron chi connectivity index (χ3n) is 9.28. The van der Waals surface area contributed by atoms with E-state index in [9.17, 15) is 17.6 Å². The SMILES string of the molecule is CCOC(=O)[C@H]1C2CCC(CC2)[C@@H]1Nc1nc(-c2cn(S(=O)(=O)c3ccc(C)cc3)c3ncc(F)cc23)nc(-c2ccncc2)c1F. The highest BCUT2D eigenvalue weighted by molar-refractivity contribution is 7.90. The molecular formula is C34H32F2N6O4S. The molecule has 3 fully saturated rings. The molecule has 0 amide bonds. The van der Waals surface area contributed by atoms with Gasteiger partial charge in [-0.2, -0.15) is 0 Å². The van der Waals surface area contributed by atoms with Crippen molar-refractivity contribution in [2.45, 2.75) is 50.5 Å². The summed E-state index contributed by atoms with van der Waals surface area (Å²) in [7, 11) is -4.19. The third-order valence-corrected chi connectivity index (χ3v) is 10.9. The monoisotopic (exact) mass is 658 g/mol. The summed E-state index contributed by atoms with van der Waals surface area (Å²) >= 11 is 0. The molecule has 0 saturated heterocycles. The zero-order chi connectivity index (χ0) is 32.9. The minimum Gasteiger partial charge on any atom is -0.466 e. The number of aryl methyl sites for hydroxylation is 1. The second-order valence-electron chi connectivity index (χ2n) is 12.1. The summed E-state index contributed by atoms with van der Waals surface area (Å²) in [6.07, 6.45) is 8.75. The smallest absolute Gasteiger partial charge is 0.311 e. The van der Waals surface area contributed by atoms with Crippen LogP contribution in [0.4, 0.5) is 14.6 Å². The molecule has 4 aromatic heterocycles. The number of carbonyl (C=O) groups is 1. The van der Waals surface area contributed by atoms with Crippen molar-refractivity contribution in [2.24, 2.45) is 17.8 Å². The van der Waals surface area contributed by atoms with E-state index < -0.39 is 33.6 Å². The van der Waals surface area contributed by atoms with E-state index in [1.165, 1.54) is 30.7 Å². The molecule has 47 heavy (non-hydrogen) atoms. The average molecular weight is 659 g/mol. The standard InChI is InChI=1S/C34H32F2N6O4S/c1-3-46-34(43)27-20-6-8-21(9-7-20)29(27)39-32-28(36)30(22-12-14-37-15-13-22)40-31(41-32)26-18-42(33-25(26)16-23(35)17-38-33)47(44,45)24-10-4-19(2)5-11-24/h4-5,10-18,20-21,27,29H,3,6-9H2,1-2H3,(H,39,40,41)/t20?,21?,27-,29-/m0/s1. The van der Waals surface area contributed by atoms with Crippen LogP contribution in [0.2, 0.25) is 0 Å². The maximum absolute atomic E-state index is 16.5. The molecule has 242 valence electrons. The van der Waals surface area contributed by atoms with Gasteiger partial charge in [-0.15, -0.1) is 0 Å². The molecule has 0 aliphatic heterocycles. The first-order valence-electron chi connectivity index (χ1n) is 15.6. The minimum atomic E-state index is -4.19. The molecule has 3 aliphatic rings. The topological polar surface area (TPSA) is 129 Å². The number of benzene rings is 1. The predicted octanol–water partition coefficient (Wildman–Crippen LogP) is 6.16. The Labute approximate surface area is 270 Å². The molecule has 5 aromatic rings. The largest absolute Gasteiger partial charge is 0.466 e. The first-order valence-corrected chi connectivity index (χ1v) is 17.0. The number of ether oxygens (including phenoxy) is 1. The zero-order valence-corrected chi connectivity index (χ0v) is 26.5. The predicted molar refractivity (Wildman–Crippen MR) is 171 cm³/mol. The van der Waals surface area contributed by atoms with Crippen LogP contribution in [0.1, 0.15) is 38.2 Å². The Balaban J connectivity index is 1.41. The fourth-order valence-corrected chi connectivity index (χ4v) is 8.32. The van der Waals surface area contributed by atoms with E-state index in [-0.39, 0.29) is 63.2 Å². The number of pyridine rings is 2. The van der Waals surface area contributed by atoms with Crippen molar-refractivity contribution in [2.75, 3.05) is 11.9 Å². The molecule has 0 unspecified atom stereocenters. The van der Waals surface area contributed by atoms with Gasteiger partial charge in [0.05, 0.1) is 23.6 Å². The molecule has 2 bridgehead atoms. The van der Waals surface area contributed by atoms with Gasteiger partial charge >= 0.3 is 5.97 Å². The van der Waals surface area contributed by atoms with E-state index in [0.29, 0.717) is 5.56 Å². The van der Waals surface area contributed by atoms with Crippen molar-refractivity contribution in [3.05, 3.63) is 84.4 Å².